The molecule has 1 aliphatic heterocycles. The van der Waals surface area contributed by atoms with Crippen molar-refractivity contribution >= 4 is 44.2 Å². The molecule has 31 heavy (non-hydrogen) atoms. The third-order valence-corrected chi connectivity index (χ3v) is 7.88. The van der Waals surface area contributed by atoms with Gasteiger partial charge in [-0.3, -0.25) is 4.90 Å². The van der Waals surface area contributed by atoms with Crippen LogP contribution in [0.15, 0.2) is 67.0 Å². The fourth-order valence-corrected chi connectivity index (χ4v) is 6.06. The topological polar surface area (TPSA) is 44.8 Å². The lowest BCUT2D eigenvalue weighted by atomic mass is 10.1. The number of nitrogens with one attached hydrogen (secondary N) is 1. The highest BCUT2D eigenvalue weighted by molar-refractivity contribution is 7.99. The lowest BCUT2D eigenvalue weighted by Crippen LogP contribution is -2.31. The Labute approximate surface area is 189 Å². The van der Waals surface area contributed by atoms with Gasteiger partial charge >= 0.3 is 0 Å². The minimum atomic E-state index is 0.773. The van der Waals surface area contributed by atoms with Gasteiger partial charge in [0.05, 0.1) is 10.2 Å². The summed E-state index contributed by atoms with van der Waals surface area (Å²) in [6.45, 7) is 3.44. The minimum absolute atomic E-state index is 0.773. The second-order valence-electron chi connectivity index (χ2n) is 7.92. The first-order valence-corrected chi connectivity index (χ1v) is 12.5. The molecule has 6 rings (SSSR count). The predicted octanol–water partition coefficient (Wildman–Crippen LogP) is 6.06. The fraction of sp³-hybridized carbons (Fsp3) is 0.200. The Hall–Kier alpha value is -2.67. The average molecular weight is 443 g/mol. The Balaban J connectivity index is 1.26. The van der Waals surface area contributed by atoms with Gasteiger partial charge in [-0.15, -0.1) is 11.3 Å². The van der Waals surface area contributed by atoms with Gasteiger partial charge in [-0.25, -0.2) is 9.97 Å². The number of thiophene rings is 1. The summed E-state index contributed by atoms with van der Waals surface area (Å²) in [5.41, 5.74) is 5.82. The van der Waals surface area contributed by atoms with E-state index in [-0.39, 0.29) is 0 Å². The van der Waals surface area contributed by atoms with Crippen LogP contribution >= 0.6 is 23.1 Å². The van der Waals surface area contributed by atoms with Crippen LogP contribution in [0.1, 0.15) is 5.56 Å². The summed E-state index contributed by atoms with van der Waals surface area (Å²) < 4.78 is 1.12. The van der Waals surface area contributed by atoms with Gasteiger partial charge < -0.3 is 4.98 Å². The number of hydrogen-bond acceptors (Lipinski definition) is 5. The van der Waals surface area contributed by atoms with E-state index in [1.807, 2.05) is 12.4 Å². The number of fused-ring (bicyclic) bond motifs is 2. The van der Waals surface area contributed by atoms with E-state index >= 15 is 0 Å². The average Bonchev–Trinajstić information content (AvgIpc) is 3.46. The lowest BCUT2D eigenvalue weighted by Gasteiger charge is -2.26. The van der Waals surface area contributed by atoms with Crippen molar-refractivity contribution in [1.82, 2.24) is 19.9 Å². The summed E-state index contributed by atoms with van der Waals surface area (Å²) in [6, 6.07) is 19.6. The number of thioether (sulfide) groups is 1. The van der Waals surface area contributed by atoms with Crippen LogP contribution in [0.5, 0.6) is 0 Å². The molecular formula is C25H22N4S2. The van der Waals surface area contributed by atoms with Gasteiger partial charge in [0, 0.05) is 64.9 Å². The number of aromatic nitrogens is 3. The van der Waals surface area contributed by atoms with Crippen LogP contribution in [-0.4, -0.2) is 44.4 Å². The molecule has 4 heterocycles. The van der Waals surface area contributed by atoms with Gasteiger partial charge in [-0.1, -0.05) is 24.3 Å². The van der Waals surface area contributed by atoms with Crippen LogP contribution in [0.2, 0.25) is 0 Å². The van der Waals surface area contributed by atoms with Crippen LogP contribution in [-0.2, 0) is 6.54 Å². The van der Waals surface area contributed by atoms with E-state index < -0.39 is 0 Å². The lowest BCUT2D eigenvalue weighted by molar-refractivity contribution is 0.294. The molecule has 3 aromatic heterocycles. The van der Waals surface area contributed by atoms with E-state index in [0.717, 1.165) is 33.7 Å². The third-order valence-electron chi connectivity index (χ3n) is 5.83. The molecule has 1 saturated heterocycles. The number of hydrogen-bond donors (Lipinski definition) is 1. The molecule has 1 N–H and O–H groups in total. The van der Waals surface area contributed by atoms with Crippen LogP contribution in [0, 0.1) is 0 Å². The van der Waals surface area contributed by atoms with Crippen molar-refractivity contribution in [3.8, 4) is 21.8 Å². The van der Waals surface area contributed by atoms with Crippen molar-refractivity contribution in [3.05, 3.63) is 72.6 Å². The summed E-state index contributed by atoms with van der Waals surface area (Å²) in [7, 11) is 0. The van der Waals surface area contributed by atoms with E-state index in [4.69, 9.17) is 4.98 Å². The molecule has 0 aliphatic carbocycles. The Morgan fingerprint density at radius 1 is 0.935 bits per heavy atom. The minimum Gasteiger partial charge on any atom is -0.361 e. The second-order valence-corrected chi connectivity index (χ2v) is 10.2. The molecular weight excluding hydrogens is 420 g/mol. The smallest absolute Gasteiger partial charge is 0.159 e. The summed E-state index contributed by atoms with van der Waals surface area (Å²) in [5, 5.41) is 1.18. The highest BCUT2D eigenvalue weighted by Crippen LogP contribution is 2.33. The summed E-state index contributed by atoms with van der Waals surface area (Å²) >= 11 is 3.81. The molecule has 154 valence electrons. The van der Waals surface area contributed by atoms with Crippen molar-refractivity contribution in [3.63, 3.8) is 0 Å². The van der Waals surface area contributed by atoms with E-state index in [9.17, 15) is 0 Å². The van der Waals surface area contributed by atoms with Gasteiger partial charge in [-0.2, -0.15) is 11.8 Å². The number of benzene rings is 2. The molecule has 6 heteroatoms. The first kappa shape index (κ1) is 19.0. The van der Waals surface area contributed by atoms with Gasteiger partial charge in [0.2, 0.25) is 0 Å². The van der Waals surface area contributed by atoms with Gasteiger partial charge in [0.15, 0.2) is 5.82 Å². The van der Waals surface area contributed by atoms with Crippen LogP contribution < -0.4 is 0 Å². The van der Waals surface area contributed by atoms with Crippen molar-refractivity contribution in [1.29, 1.82) is 0 Å². The first-order valence-electron chi connectivity index (χ1n) is 10.6. The molecule has 0 unspecified atom stereocenters. The van der Waals surface area contributed by atoms with Crippen molar-refractivity contribution in [2.24, 2.45) is 0 Å². The molecule has 5 aromatic rings. The summed E-state index contributed by atoms with van der Waals surface area (Å²) in [5.74, 6) is 3.28. The van der Waals surface area contributed by atoms with Crippen molar-refractivity contribution in [2.45, 2.75) is 6.54 Å². The monoisotopic (exact) mass is 442 g/mol. The maximum Gasteiger partial charge on any atom is 0.159 e. The number of nitrogens with zero attached hydrogens (tertiary/aromatic N) is 3. The SMILES string of the molecule is c1cc2cc(-c3ncc4sc(-c5ccc(CN6CCSCC6)cc5)cc4n3)ccc2[nH]1. The predicted molar refractivity (Wildman–Crippen MR) is 133 cm³/mol. The summed E-state index contributed by atoms with van der Waals surface area (Å²) in [4.78, 5) is 16.5. The maximum absolute atomic E-state index is 4.86. The van der Waals surface area contributed by atoms with Crippen molar-refractivity contribution in [2.75, 3.05) is 24.6 Å². The highest BCUT2D eigenvalue weighted by Gasteiger charge is 2.12. The molecule has 1 aliphatic rings. The largest absolute Gasteiger partial charge is 0.361 e. The van der Waals surface area contributed by atoms with Crippen LogP contribution in [0.25, 0.3) is 42.9 Å². The summed E-state index contributed by atoms with van der Waals surface area (Å²) in [6.07, 6.45) is 3.91. The Morgan fingerprint density at radius 2 is 1.77 bits per heavy atom. The quantitative estimate of drug-likeness (QED) is 0.368. The van der Waals surface area contributed by atoms with E-state index in [1.165, 1.54) is 46.0 Å². The van der Waals surface area contributed by atoms with E-state index in [0.29, 0.717) is 0 Å². The van der Waals surface area contributed by atoms with Gasteiger partial charge in [0.1, 0.15) is 0 Å². The number of rotatable bonds is 4. The third kappa shape index (κ3) is 3.87. The number of H-pyrrole nitrogens is 1. The zero-order chi connectivity index (χ0) is 20.6. The van der Waals surface area contributed by atoms with Gasteiger partial charge in [-0.05, 0) is 41.5 Å². The highest BCUT2D eigenvalue weighted by atomic mass is 32.2. The van der Waals surface area contributed by atoms with Gasteiger partial charge in [0.25, 0.3) is 0 Å². The zero-order valence-electron chi connectivity index (χ0n) is 17.0. The Morgan fingerprint density at radius 3 is 2.65 bits per heavy atom. The normalized spacial score (nSPS) is 15.1. The molecule has 0 spiro atoms. The Kier molecular flexibility index (Phi) is 4.98. The fourth-order valence-electron chi connectivity index (χ4n) is 4.10. The molecule has 0 atom stereocenters. The van der Waals surface area contributed by atoms with Crippen LogP contribution in [0.3, 0.4) is 0 Å². The van der Waals surface area contributed by atoms with E-state index in [1.54, 1.807) is 11.3 Å². The number of aromatic amines is 1. The second kappa shape index (κ2) is 8.11. The molecule has 1 fully saturated rings. The molecule has 0 saturated carbocycles. The van der Waals surface area contributed by atoms with Crippen LogP contribution in [0.4, 0.5) is 0 Å². The molecule has 0 amide bonds. The molecule has 4 nitrogen and oxygen atoms in total. The first-order chi connectivity index (χ1) is 15.3. The molecule has 0 bridgehead atoms. The molecule has 2 aromatic carbocycles. The molecule has 0 radical (unpaired) electrons. The maximum atomic E-state index is 4.86. The Bertz CT molecular complexity index is 1350. The standard InChI is InChI=1S/C25H22N4S2/c1-3-18(4-2-17(1)16-29-9-11-30-12-10-29)23-14-22-24(31-23)15-27-25(28-22)20-5-6-21-19(13-20)7-8-26-21/h1-8,13-15,26H,9-12,16H2. The zero-order valence-corrected chi connectivity index (χ0v) is 18.7. The van der Waals surface area contributed by atoms with E-state index in [2.05, 4.69) is 81.2 Å². The van der Waals surface area contributed by atoms with Crippen molar-refractivity contribution < 1.29 is 0 Å².